The van der Waals surface area contributed by atoms with Crippen molar-refractivity contribution in [3.63, 3.8) is 0 Å². The lowest BCUT2D eigenvalue weighted by Gasteiger charge is -2.38. The number of benzene rings is 1. The number of fused-ring (bicyclic) bond motifs is 1. The zero-order chi connectivity index (χ0) is 23.9. The van der Waals surface area contributed by atoms with Crippen molar-refractivity contribution in [3.8, 4) is 0 Å². The summed E-state index contributed by atoms with van der Waals surface area (Å²) >= 11 is 6.46. The van der Waals surface area contributed by atoms with Crippen LogP contribution >= 0.6 is 11.6 Å². The van der Waals surface area contributed by atoms with Gasteiger partial charge in [0, 0.05) is 56.1 Å². The quantitative estimate of drug-likeness (QED) is 0.483. The van der Waals surface area contributed by atoms with Crippen LogP contribution in [0.5, 0.6) is 0 Å². The fourth-order valence-corrected chi connectivity index (χ4v) is 5.11. The van der Waals surface area contributed by atoms with E-state index in [9.17, 15) is 4.79 Å². The fourth-order valence-electron chi connectivity index (χ4n) is 4.90. The summed E-state index contributed by atoms with van der Waals surface area (Å²) in [5, 5.41) is 1.67. The molecule has 2 aliphatic heterocycles. The van der Waals surface area contributed by atoms with Crippen molar-refractivity contribution in [2.75, 3.05) is 45.8 Å². The van der Waals surface area contributed by atoms with Gasteiger partial charge in [0.2, 0.25) is 5.91 Å². The molecule has 0 spiro atoms. The number of para-hydroxylation sites is 1. The third-order valence-corrected chi connectivity index (χ3v) is 7.14. The van der Waals surface area contributed by atoms with Gasteiger partial charge in [0.25, 0.3) is 0 Å². The monoisotopic (exact) mass is 479 g/mol. The minimum absolute atomic E-state index is 0.124. The van der Waals surface area contributed by atoms with Crippen LogP contribution < -0.4 is 5.73 Å². The van der Waals surface area contributed by atoms with Crippen molar-refractivity contribution < 1.29 is 4.79 Å². The van der Waals surface area contributed by atoms with Gasteiger partial charge in [-0.05, 0) is 55.9 Å². The van der Waals surface area contributed by atoms with E-state index in [2.05, 4.69) is 38.4 Å². The van der Waals surface area contributed by atoms with E-state index in [4.69, 9.17) is 17.3 Å². The Hall–Kier alpha value is -2.67. The number of aromatic nitrogens is 1. The number of piperazine rings is 1. The highest BCUT2D eigenvalue weighted by molar-refractivity contribution is 6.30. The van der Waals surface area contributed by atoms with Crippen molar-refractivity contribution >= 4 is 28.4 Å². The van der Waals surface area contributed by atoms with Crippen molar-refractivity contribution in [1.82, 2.24) is 19.7 Å². The first-order valence-electron chi connectivity index (χ1n) is 12.0. The summed E-state index contributed by atoms with van der Waals surface area (Å²) in [5.74, 6) is 0.437. The van der Waals surface area contributed by atoms with Crippen LogP contribution in [-0.2, 0) is 11.3 Å². The van der Waals surface area contributed by atoms with Crippen LogP contribution in [0.4, 0.5) is 0 Å². The maximum Gasteiger partial charge on any atom is 0.225 e. The van der Waals surface area contributed by atoms with Gasteiger partial charge in [-0.1, -0.05) is 48.5 Å². The Morgan fingerprint density at radius 1 is 1.12 bits per heavy atom. The molecule has 0 bridgehead atoms. The molecule has 3 heterocycles. The number of halogens is 1. The van der Waals surface area contributed by atoms with Gasteiger partial charge in [-0.25, -0.2) is 4.98 Å². The molecule has 2 aromatic rings. The molecule has 1 aromatic carbocycles. The molecule has 2 fully saturated rings. The average molecular weight is 480 g/mol. The zero-order valence-electron chi connectivity index (χ0n) is 19.7. The molecule has 2 saturated heterocycles. The molecule has 6 nitrogen and oxygen atoms in total. The standard InChI is InChI=1S/C27H34ClN5O/c1-2-5-21(8-11-29)19-31-12-9-22(10-13-31)27(34)33-16-14-32(15-17-33)20-24-18-23-6-3-4-7-25(23)30-26(24)28/h2-8,11,18,22H,1,9-10,12-17,19-20,29H2/b11-8-,21-5+. The Morgan fingerprint density at radius 3 is 2.56 bits per heavy atom. The van der Waals surface area contributed by atoms with E-state index >= 15 is 0 Å². The topological polar surface area (TPSA) is 65.7 Å². The number of piperidine rings is 1. The third-order valence-electron chi connectivity index (χ3n) is 6.81. The Balaban J connectivity index is 1.25. The van der Waals surface area contributed by atoms with Crippen LogP contribution in [0.25, 0.3) is 10.9 Å². The number of likely N-dealkylation sites (tertiary alicyclic amines) is 1. The molecular formula is C27H34ClN5O. The van der Waals surface area contributed by atoms with Gasteiger partial charge in [-0.3, -0.25) is 14.6 Å². The van der Waals surface area contributed by atoms with Crippen LogP contribution in [0, 0.1) is 5.92 Å². The summed E-state index contributed by atoms with van der Waals surface area (Å²) in [5.41, 5.74) is 8.65. The number of hydrogen-bond donors (Lipinski definition) is 1. The molecule has 2 aliphatic rings. The number of carbonyl (C=O) groups excluding carboxylic acids is 1. The maximum atomic E-state index is 13.2. The van der Waals surface area contributed by atoms with Crippen LogP contribution in [0.1, 0.15) is 18.4 Å². The fraction of sp³-hybridized carbons (Fsp3) is 0.407. The van der Waals surface area contributed by atoms with Crippen molar-refractivity contribution in [2.45, 2.75) is 19.4 Å². The largest absolute Gasteiger partial charge is 0.405 e. The highest BCUT2D eigenvalue weighted by Gasteiger charge is 2.30. The van der Waals surface area contributed by atoms with Gasteiger partial charge in [0.1, 0.15) is 5.15 Å². The summed E-state index contributed by atoms with van der Waals surface area (Å²) in [7, 11) is 0. The van der Waals surface area contributed by atoms with E-state index in [0.717, 1.165) is 87.2 Å². The van der Waals surface area contributed by atoms with Crippen molar-refractivity contribution in [1.29, 1.82) is 0 Å². The van der Waals surface area contributed by atoms with Gasteiger partial charge in [-0.2, -0.15) is 0 Å². The van der Waals surface area contributed by atoms with Gasteiger partial charge in [0.15, 0.2) is 0 Å². The first kappa shape index (κ1) is 24.5. The van der Waals surface area contributed by atoms with Crippen LogP contribution in [0.2, 0.25) is 5.15 Å². The molecule has 0 unspecified atom stereocenters. The lowest BCUT2D eigenvalue weighted by Crippen LogP contribution is -2.51. The molecular weight excluding hydrogens is 446 g/mol. The highest BCUT2D eigenvalue weighted by atomic mass is 35.5. The van der Waals surface area contributed by atoms with E-state index < -0.39 is 0 Å². The molecule has 0 atom stereocenters. The molecule has 0 radical (unpaired) electrons. The summed E-state index contributed by atoms with van der Waals surface area (Å²) < 4.78 is 0. The SMILES string of the molecule is C=C/C=C(\C=C/N)CN1CCC(C(=O)N2CCN(Cc3cc4ccccc4nc3Cl)CC2)CC1. The predicted molar refractivity (Wildman–Crippen MR) is 139 cm³/mol. The van der Waals surface area contributed by atoms with Gasteiger partial charge < -0.3 is 10.6 Å². The smallest absolute Gasteiger partial charge is 0.225 e. The van der Waals surface area contributed by atoms with E-state index in [1.807, 2.05) is 30.4 Å². The molecule has 4 rings (SSSR count). The Bertz CT molecular complexity index is 1070. The van der Waals surface area contributed by atoms with Gasteiger partial charge in [0.05, 0.1) is 5.52 Å². The number of rotatable bonds is 7. The first-order chi connectivity index (χ1) is 16.6. The summed E-state index contributed by atoms with van der Waals surface area (Å²) in [6, 6.07) is 10.2. The second-order valence-electron chi connectivity index (χ2n) is 9.12. The molecule has 1 aromatic heterocycles. The second kappa shape index (κ2) is 11.6. The molecule has 2 N–H and O–H groups in total. The second-order valence-corrected chi connectivity index (χ2v) is 9.48. The number of nitrogens with zero attached hydrogens (tertiary/aromatic N) is 4. The molecule has 34 heavy (non-hydrogen) atoms. The first-order valence-corrected chi connectivity index (χ1v) is 12.4. The summed E-state index contributed by atoms with van der Waals surface area (Å²) in [6.45, 7) is 10.5. The molecule has 180 valence electrons. The average Bonchev–Trinajstić information content (AvgIpc) is 2.85. The number of amides is 1. The van der Waals surface area contributed by atoms with E-state index in [0.29, 0.717) is 11.1 Å². The summed E-state index contributed by atoms with van der Waals surface area (Å²) in [6.07, 6.45) is 9.07. The van der Waals surface area contributed by atoms with Crippen LogP contribution in [-0.4, -0.2) is 71.4 Å². The minimum Gasteiger partial charge on any atom is -0.405 e. The maximum absolute atomic E-state index is 13.2. The number of carbonyl (C=O) groups is 1. The zero-order valence-corrected chi connectivity index (χ0v) is 20.5. The number of nitrogens with two attached hydrogens (primary N) is 1. The highest BCUT2D eigenvalue weighted by Crippen LogP contribution is 2.24. The number of allylic oxidation sites excluding steroid dienone is 2. The molecule has 0 aliphatic carbocycles. The number of pyridine rings is 1. The van der Waals surface area contributed by atoms with Gasteiger partial charge in [-0.15, -0.1) is 0 Å². The third kappa shape index (κ3) is 6.06. The van der Waals surface area contributed by atoms with Gasteiger partial charge >= 0.3 is 0 Å². The van der Waals surface area contributed by atoms with Crippen LogP contribution in [0.15, 0.2) is 66.9 Å². The van der Waals surface area contributed by atoms with E-state index in [-0.39, 0.29) is 5.92 Å². The van der Waals surface area contributed by atoms with E-state index in [1.165, 1.54) is 0 Å². The lowest BCUT2D eigenvalue weighted by molar-refractivity contribution is -0.138. The predicted octanol–water partition coefficient (Wildman–Crippen LogP) is 3.83. The Kier molecular flexibility index (Phi) is 8.38. The van der Waals surface area contributed by atoms with E-state index in [1.54, 1.807) is 12.3 Å². The molecule has 1 amide bonds. The minimum atomic E-state index is 0.124. The Labute approximate surface area is 207 Å². The lowest BCUT2D eigenvalue weighted by atomic mass is 9.94. The molecule has 7 heteroatoms. The normalized spacial score (nSPS) is 19.2. The van der Waals surface area contributed by atoms with Crippen molar-refractivity contribution in [3.05, 3.63) is 77.6 Å². The molecule has 0 saturated carbocycles. The Morgan fingerprint density at radius 2 is 1.85 bits per heavy atom. The van der Waals surface area contributed by atoms with Crippen molar-refractivity contribution in [2.24, 2.45) is 11.7 Å². The number of hydrogen-bond acceptors (Lipinski definition) is 5. The van der Waals surface area contributed by atoms with Crippen LogP contribution in [0.3, 0.4) is 0 Å². The summed E-state index contributed by atoms with van der Waals surface area (Å²) in [4.78, 5) is 24.5.